The Labute approximate surface area is 77.7 Å². The fourth-order valence-electron chi connectivity index (χ4n) is 2.47. The third-order valence-electron chi connectivity index (χ3n) is 3.49. The molecule has 1 saturated carbocycles. The lowest BCUT2D eigenvalue weighted by molar-refractivity contribution is 0.211. The van der Waals surface area contributed by atoms with Crippen LogP contribution < -0.4 is 0 Å². The Morgan fingerprint density at radius 2 is 1.83 bits per heavy atom. The number of unbranched alkanes of at least 4 members (excludes halogenated alkanes) is 1. The minimum atomic E-state index is 0.647. The molecule has 0 atom stereocenters. The van der Waals surface area contributed by atoms with Crippen LogP contribution in [0, 0.1) is 11.8 Å². The van der Waals surface area contributed by atoms with Crippen LogP contribution in [0.5, 0.6) is 0 Å². The van der Waals surface area contributed by atoms with Gasteiger partial charge in [-0.2, -0.15) is 0 Å². The van der Waals surface area contributed by atoms with Crippen molar-refractivity contribution in [2.75, 3.05) is 0 Å². The van der Waals surface area contributed by atoms with Crippen LogP contribution in [-0.4, -0.2) is 0 Å². The van der Waals surface area contributed by atoms with Gasteiger partial charge >= 0.3 is 0 Å². The minimum absolute atomic E-state index is 0.647. The van der Waals surface area contributed by atoms with Crippen LogP contribution in [0.2, 0.25) is 0 Å². The van der Waals surface area contributed by atoms with Gasteiger partial charge in [0.2, 0.25) is 0 Å². The average molecular weight is 167 g/mol. The lowest BCUT2D eigenvalue weighted by Crippen LogP contribution is -2.23. The van der Waals surface area contributed by atoms with Gasteiger partial charge in [0.1, 0.15) is 0 Å². The zero-order chi connectivity index (χ0) is 8.86. The predicted molar refractivity (Wildman–Crippen MR) is 55.0 cm³/mol. The Morgan fingerprint density at radius 3 is 2.33 bits per heavy atom. The molecule has 0 heteroatoms. The van der Waals surface area contributed by atoms with E-state index in [9.17, 15) is 0 Å². The Kier molecular flexibility index (Phi) is 4.11. The third kappa shape index (κ3) is 2.50. The van der Waals surface area contributed by atoms with Crippen molar-refractivity contribution >= 4 is 0 Å². The van der Waals surface area contributed by atoms with Gasteiger partial charge in [-0.05, 0) is 31.1 Å². The molecule has 0 aromatic carbocycles. The highest BCUT2D eigenvalue weighted by molar-refractivity contribution is 4.91. The van der Waals surface area contributed by atoms with Gasteiger partial charge in [-0.1, -0.05) is 46.0 Å². The largest absolute Gasteiger partial charge is 0.0654 e. The number of hydrogen-bond acceptors (Lipinski definition) is 0. The van der Waals surface area contributed by atoms with Crippen LogP contribution in [0.15, 0.2) is 0 Å². The van der Waals surface area contributed by atoms with Gasteiger partial charge in [0, 0.05) is 0 Å². The van der Waals surface area contributed by atoms with Gasteiger partial charge in [-0.15, -0.1) is 0 Å². The molecule has 0 unspecified atom stereocenters. The maximum absolute atomic E-state index is 2.49. The molecular formula is C12H23. The predicted octanol–water partition coefficient (Wildman–Crippen LogP) is 4.35. The zero-order valence-corrected chi connectivity index (χ0v) is 8.73. The highest BCUT2D eigenvalue weighted by Gasteiger charge is 2.29. The molecule has 0 amide bonds. The summed E-state index contributed by atoms with van der Waals surface area (Å²) in [5.41, 5.74) is 0.647. The molecule has 0 heterocycles. The topological polar surface area (TPSA) is 0 Å². The first kappa shape index (κ1) is 10.1. The summed E-state index contributed by atoms with van der Waals surface area (Å²) in [6, 6.07) is 0. The molecule has 0 aromatic heterocycles. The zero-order valence-electron chi connectivity index (χ0n) is 8.73. The van der Waals surface area contributed by atoms with Crippen molar-refractivity contribution in [1.82, 2.24) is 0 Å². The Bertz CT molecular complexity index is 109. The molecule has 71 valence electrons. The SMILES string of the molecule is C[CH]C1(CCCC)CCCCC1. The van der Waals surface area contributed by atoms with Gasteiger partial charge in [0.25, 0.3) is 0 Å². The van der Waals surface area contributed by atoms with E-state index in [2.05, 4.69) is 20.3 Å². The fraction of sp³-hybridized carbons (Fsp3) is 0.917. The molecule has 0 bridgehead atoms. The summed E-state index contributed by atoms with van der Waals surface area (Å²) >= 11 is 0. The second kappa shape index (κ2) is 4.89. The van der Waals surface area contributed by atoms with Crippen molar-refractivity contribution in [3.63, 3.8) is 0 Å². The maximum atomic E-state index is 2.49. The molecule has 0 spiro atoms. The summed E-state index contributed by atoms with van der Waals surface area (Å²) in [5.74, 6) is 0. The van der Waals surface area contributed by atoms with Gasteiger partial charge in [0.05, 0.1) is 0 Å². The van der Waals surface area contributed by atoms with Crippen molar-refractivity contribution < 1.29 is 0 Å². The normalized spacial score (nSPS) is 22.5. The first-order valence-electron chi connectivity index (χ1n) is 5.63. The number of rotatable bonds is 4. The van der Waals surface area contributed by atoms with Crippen LogP contribution in [0.25, 0.3) is 0 Å². The summed E-state index contributed by atoms with van der Waals surface area (Å²) in [6.07, 6.45) is 14.0. The molecule has 1 aliphatic carbocycles. The quantitative estimate of drug-likeness (QED) is 0.584. The Balaban J connectivity index is 2.37. The number of hydrogen-bond donors (Lipinski definition) is 0. The van der Waals surface area contributed by atoms with E-state index in [1.165, 1.54) is 51.4 Å². The van der Waals surface area contributed by atoms with Crippen molar-refractivity contribution in [3.8, 4) is 0 Å². The van der Waals surface area contributed by atoms with Crippen molar-refractivity contribution in [1.29, 1.82) is 0 Å². The molecule has 0 aliphatic heterocycles. The summed E-state index contributed by atoms with van der Waals surface area (Å²) in [4.78, 5) is 0. The van der Waals surface area contributed by atoms with Crippen LogP contribution in [0.3, 0.4) is 0 Å². The van der Waals surface area contributed by atoms with Gasteiger partial charge in [-0.25, -0.2) is 0 Å². The van der Waals surface area contributed by atoms with E-state index in [0.29, 0.717) is 5.41 Å². The molecule has 1 fully saturated rings. The second-order valence-corrected chi connectivity index (χ2v) is 4.32. The van der Waals surface area contributed by atoms with Crippen molar-refractivity contribution in [2.24, 2.45) is 5.41 Å². The van der Waals surface area contributed by atoms with E-state index in [0.717, 1.165) is 0 Å². The van der Waals surface area contributed by atoms with Crippen LogP contribution in [0.4, 0.5) is 0 Å². The molecule has 0 saturated heterocycles. The summed E-state index contributed by atoms with van der Waals surface area (Å²) in [6.45, 7) is 4.56. The Morgan fingerprint density at radius 1 is 1.17 bits per heavy atom. The highest BCUT2D eigenvalue weighted by atomic mass is 14.3. The summed E-state index contributed by atoms with van der Waals surface area (Å²) < 4.78 is 0. The third-order valence-corrected chi connectivity index (χ3v) is 3.49. The van der Waals surface area contributed by atoms with E-state index >= 15 is 0 Å². The van der Waals surface area contributed by atoms with Crippen LogP contribution in [-0.2, 0) is 0 Å². The maximum Gasteiger partial charge on any atom is -0.0269 e. The van der Waals surface area contributed by atoms with E-state index < -0.39 is 0 Å². The van der Waals surface area contributed by atoms with Gasteiger partial charge in [-0.3, -0.25) is 0 Å². The molecule has 1 radical (unpaired) electrons. The molecule has 0 N–H and O–H groups in total. The Hall–Kier alpha value is 0. The molecule has 1 aliphatic rings. The van der Waals surface area contributed by atoms with Crippen molar-refractivity contribution in [2.45, 2.75) is 65.2 Å². The summed E-state index contributed by atoms with van der Waals surface area (Å²) in [5, 5.41) is 0. The molecule has 1 rings (SSSR count). The first-order valence-corrected chi connectivity index (χ1v) is 5.63. The molecule has 0 aromatic rings. The van der Waals surface area contributed by atoms with Crippen LogP contribution >= 0.6 is 0 Å². The summed E-state index contributed by atoms with van der Waals surface area (Å²) in [7, 11) is 0. The fourth-order valence-corrected chi connectivity index (χ4v) is 2.47. The van der Waals surface area contributed by atoms with E-state index in [1.807, 2.05) is 0 Å². The standard InChI is InChI=1S/C12H23/c1-3-5-9-12(4-2)10-7-6-8-11-12/h4H,3,5-11H2,1-2H3. The average Bonchev–Trinajstić information content (AvgIpc) is 2.16. The second-order valence-electron chi connectivity index (χ2n) is 4.32. The molecule has 0 nitrogen and oxygen atoms in total. The van der Waals surface area contributed by atoms with Crippen molar-refractivity contribution in [3.05, 3.63) is 6.42 Å². The first-order chi connectivity index (χ1) is 5.83. The van der Waals surface area contributed by atoms with Gasteiger partial charge < -0.3 is 0 Å². The minimum Gasteiger partial charge on any atom is -0.0654 e. The molecular weight excluding hydrogens is 144 g/mol. The van der Waals surface area contributed by atoms with Gasteiger partial charge in [0.15, 0.2) is 0 Å². The molecule has 12 heavy (non-hydrogen) atoms. The lowest BCUT2D eigenvalue weighted by atomic mass is 9.69. The van der Waals surface area contributed by atoms with E-state index in [-0.39, 0.29) is 0 Å². The van der Waals surface area contributed by atoms with E-state index in [1.54, 1.807) is 0 Å². The van der Waals surface area contributed by atoms with Crippen LogP contribution in [0.1, 0.15) is 65.2 Å². The lowest BCUT2D eigenvalue weighted by Gasteiger charge is -2.36. The highest BCUT2D eigenvalue weighted by Crippen LogP contribution is 2.42. The van der Waals surface area contributed by atoms with E-state index in [4.69, 9.17) is 0 Å². The smallest absolute Gasteiger partial charge is 0.0269 e. The monoisotopic (exact) mass is 167 g/mol.